The number of ether oxygens (including phenoxy) is 2. The first-order valence-electron chi connectivity index (χ1n) is 9.11. The van der Waals surface area contributed by atoms with Gasteiger partial charge in [-0.25, -0.2) is 0 Å². The molecule has 1 aromatic rings. The number of rotatable bonds is 7. The largest absolute Gasteiger partial charge is 0.493 e. The second-order valence-electron chi connectivity index (χ2n) is 7.02. The van der Waals surface area contributed by atoms with Crippen LogP contribution in [0, 0.1) is 12.8 Å². The molecule has 4 nitrogen and oxygen atoms in total. The highest BCUT2D eigenvalue weighted by atomic mass is 16.5. The standard InChI is InChI=1S/C20H31NO3/c1-5-6-13-24-18-8-7-17(14-16(18)3)21-19(22)20(23-4)11-9-15(2)10-12-20/h7-8,14-15H,5-6,9-13H2,1-4H3,(H,21,22). The van der Waals surface area contributed by atoms with Crippen LogP contribution in [0.2, 0.25) is 0 Å². The van der Waals surface area contributed by atoms with E-state index in [0.29, 0.717) is 5.92 Å². The lowest BCUT2D eigenvalue weighted by atomic mass is 9.79. The topological polar surface area (TPSA) is 47.6 Å². The number of unbranched alkanes of at least 4 members (excludes halogenated alkanes) is 1. The van der Waals surface area contributed by atoms with Crippen molar-refractivity contribution in [2.45, 2.75) is 64.9 Å². The van der Waals surface area contributed by atoms with E-state index in [1.165, 1.54) is 0 Å². The molecule has 0 aromatic heterocycles. The highest BCUT2D eigenvalue weighted by molar-refractivity contribution is 5.97. The second kappa shape index (κ2) is 8.52. The first kappa shape index (κ1) is 18.8. The predicted octanol–water partition coefficient (Wildman–Crippen LogP) is 4.71. The molecular weight excluding hydrogens is 302 g/mol. The fourth-order valence-electron chi connectivity index (χ4n) is 3.21. The quantitative estimate of drug-likeness (QED) is 0.735. The van der Waals surface area contributed by atoms with Crippen LogP contribution in [0.4, 0.5) is 5.69 Å². The van der Waals surface area contributed by atoms with E-state index >= 15 is 0 Å². The number of anilines is 1. The minimum Gasteiger partial charge on any atom is -0.493 e. The summed E-state index contributed by atoms with van der Waals surface area (Å²) in [7, 11) is 1.64. The number of amides is 1. The molecule has 1 N–H and O–H groups in total. The third-order valence-electron chi connectivity index (χ3n) is 5.07. The molecule has 1 fully saturated rings. The maximum Gasteiger partial charge on any atom is 0.256 e. The van der Waals surface area contributed by atoms with E-state index in [2.05, 4.69) is 19.2 Å². The summed E-state index contributed by atoms with van der Waals surface area (Å²) >= 11 is 0. The van der Waals surface area contributed by atoms with Gasteiger partial charge in [0.2, 0.25) is 0 Å². The summed E-state index contributed by atoms with van der Waals surface area (Å²) in [5, 5.41) is 3.03. The Morgan fingerprint density at radius 2 is 2.04 bits per heavy atom. The molecule has 0 aliphatic heterocycles. The summed E-state index contributed by atoms with van der Waals surface area (Å²) in [6.45, 7) is 7.12. The third-order valence-corrected chi connectivity index (χ3v) is 5.07. The molecule has 2 rings (SSSR count). The van der Waals surface area contributed by atoms with Crippen LogP contribution in [0.3, 0.4) is 0 Å². The van der Waals surface area contributed by atoms with Crippen molar-refractivity contribution in [2.75, 3.05) is 19.0 Å². The molecule has 24 heavy (non-hydrogen) atoms. The average Bonchev–Trinajstić information content (AvgIpc) is 2.58. The Balaban J connectivity index is 2.01. The number of aryl methyl sites for hydroxylation is 1. The monoisotopic (exact) mass is 333 g/mol. The molecular formula is C20H31NO3. The van der Waals surface area contributed by atoms with Crippen molar-refractivity contribution < 1.29 is 14.3 Å². The fraction of sp³-hybridized carbons (Fsp3) is 0.650. The van der Waals surface area contributed by atoms with Crippen molar-refractivity contribution in [3.63, 3.8) is 0 Å². The van der Waals surface area contributed by atoms with Crippen LogP contribution in [0.1, 0.15) is 57.9 Å². The van der Waals surface area contributed by atoms with Gasteiger partial charge in [0.25, 0.3) is 5.91 Å². The van der Waals surface area contributed by atoms with Gasteiger partial charge in [-0.1, -0.05) is 20.3 Å². The lowest BCUT2D eigenvalue weighted by Crippen LogP contribution is -2.47. The zero-order chi connectivity index (χ0) is 17.6. The Bertz CT molecular complexity index is 548. The van der Waals surface area contributed by atoms with Crippen molar-refractivity contribution in [1.82, 2.24) is 0 Å². The van der Waals surface area contributed by atoms with Crippen molar-refractivity contribution >= 4 is 11.6 Å². The van der Waals surface area contributed by atoms with Gasteiger partial charge in [-0.15, -0.1) is 0 Å². The van der Waals surface area contributed by atoms with Crippen molar-refractivity contribution in [3.05, 3.63) is 23.8 Å². The van der Waals surface area contributed by atoms with Gasteiger partial charge < -0.3 is 14.8 Å². The average molecular weight is 333 g/mol. The maximum absolute atomic E-state index is 12.8. The first-order chi connectivity index (χ1) is 11.5. The Labute approximate surface area is 145 Å². The normalized spacial score (nSPS) is 23.8. The Morgan fingerprint density at radius 3 is 2.62 bits per heavy atom. The van der Waals surface area contributed by atoms with Crippen molar-refractivity contribution in [2.24, 2.45) is 5.92 Å². The van der Waals surface area contributed by atoms with E-state index in [0.717, 1.165) is 62.1 Å². The van der Waals surface area contributed by atoms with Crippen LogP contribution in [0.5, 0.6) is 5.75 Å². The van der Waals surface area contributed by atoms with Gasteiger partial charge in [0.15, 0.2) is 0 Å². The van der Waals surface area contributed by atoms with Crippen LogP contribution in [-0.2, 0) is 9.53 Å². The van der Waals surface area contributed by atoms with Gasteiger partial charge in [0.1, 0.15) is 11.4 Å². The van der Waals surface area contributed by atoms with E-state index in [1.807, 2.05) is 25.1 Å². The third kappa shape index (κ3) is 4.50. The van der Waals surface area contributed by atoms with Crippen LogP contribution in [0.15, 0.2) is 18.2 Å². The van der Waals surface area contributed by atoms with E-state index in [-0.39, 0.29) is 5.91 Å². The van der Waals surface area contributed by atoms with E-state index < -0.39 is 5.60 Å². The molecule has 0 spiro atoms. The number of nitrogens with one attached hydrogen (secondary N) is 1. The lowest BCUT2D eigenvalue weighted by Gasteiger charge is -2.36. The zero-order valence-electron chi connectivity index (χ0n) is 15.5. The van der Waals surface area contributed by atoms with Gasteiger partial charge in [-0.2, -0.15) is 0 Å². The molecule has 4 heteroatoms. The van der Waals surface area contributed by atoms with Crippen LogP contribution in [0.25, 0.3) is 0 Å². The molecule has 1 aromatic carbocycles. The summed E-state index contributed by atoms with van der Waals surface area (Å²) < 4.78 is 11.4. The summed E-state index contributed by atoms with van der Waals surface area (Å²) in [5.41, 5.74) is 1.15. The van der Waals surface area contributed by atoms with Gasteiger partial charge in [-0.3, -0.25) is 4.79 Å². The molecule has 1 amide bonds. The molecule has 1 saturated carbocycles. The van der Waals surface area contributed by atoms with Crippen LogP contribution in [-0.4, -0.2) is 25.2 Å². The second-order valence-corrected chi connectivity index (χ2v) is 7.02. The zero-order valence-corrected chi connectivity index (χ0v) is 15.5. The Kier molecular flexibility index (Phi) is 6.67. The van der Waals surface area contributed by atoms with E-state index in [4.69, 9.17) is 9.47 Å². The lowest BCUT2D eigenvalue weighted by molar-refractivity contribution is -0.142. The van der Waals surface area contributed by atoms with Crippen LogP contribution >= 0.6 is 0 Å². The highest BCUT2D eigenvalue weighted by Gasteiger charge is 2.41. The van der Waals surface area contributed by atoms with Crippen molar-refractivity contribution in [3.8, 4) is 5.75 Å². The van der Waals surface area contributed by atoms with Gasteiger partial charge >= 0.3 is 0 Å². The SMILES string of the molecule is CCCCOc1ccc(NC(=O)C2(OC)CCC(C)CC2)cc1C. The number of hydrogen-bond donors (Lipinski definition) is 1. The molecule has 1 aliphatic carbocycles. The van der Waals surface area contributed by atoms with Gasteiger partial charge in [0, 0.05) is 12.8 Å². The molecule has 1 aliphatic rings. The summed E-state index contributed by atoms with van der Waals surface area (Å²) in [6, 6.07) is 5.80. The first-order valence-corrected chi connectivity index (χ1v) is 9.11. The number of carbonyl (C=O) groups excluding carboxylic acids is 1. The molecule has 0 radical (unpaired) electrons. The molecule has 0 bridgehead atoms. The summed E-state index contributed by atoms with van der Waals surface area (Å²) in [5.74, 6) is 1.52. The molecule has 0 atom stereocenters. The predicted molar refractivity (Wildman–Crippen MR) is 97.6 cm³/mol. The van der Waals surface area contributed by atoms with Gasteiger partial charge in [-0.05, 0) is 68.7 Å². The molecule has 0 saturated heterocycles. The van der Waals surface area contributed by atoms with E-state index in [1.54, 1.807) is 7.11 Å². The molecule has 134 valence electrons. The summed E-state index contributed by atoms with van der Waals surface area (Å²) in [4.78, 5) is 12.8. The number of methoxy groups -OCH3 is 1. The minimum atomic E-state index is -0.684. The molecule has 0 heterocycles. The van der Waals surface area contributed by atoms with Gasteiger partial charge in [0.05, 0.1) is 6.61 Å². The summed E-state index contributed by atoms with van der Waals surface area (Å²) in [6.07, 6.45) is 5.80. The maximum atomic E-state index is 12.8. The number of hydrogen-bond acceptors (Lipinski definition) is 3. The van der Waals surface area contributed by atoms with Crippen LogP contribution < -0.4 is 10.1 Å². The smallest absolute Gasteiger partial charge is 0.256 e. The Morgan fingerprint density at radius 1 is 1.33 bits per heavy atom. The highest BCUT2D eigenvalue weighted by Crippen LogP contribution is 2.35. The van der Waals surface area contributed by atoms with Crippen molar-refractivity contribution in [1.29, 1.82) is 0 Å². The fourth-order valence-corrected chi connectivity index (χ4v) is 3.21. The number of benzene rings is 1. The van der Waals surface area contributed by atoms with E-state index in [9.17, 15) is 4.79 Å². The number of carbonyl (C=O) groups is 1. The minimum absolute atomic E-state index is 0.0315. The molecule has 0 unspecified atom stereocenters. The Hall–Kier alpha value is -1.55.